The molecule has 1 aromatic carbocycles. The number of methoxy groups -OCH3 is 1. The molecule has 0 heterocycles. The lowest BCUT2D eigenvalue weighted by molar-refractivity contribution is 0.0644. The molecule has 1 unspecified atom stereocenters. The van der Waals surface area contributed by atoms with Gasteiger partial charge in [-0.1, -0.05) is 0 Å². The summed E-state index contributed by atoms with van der Waals surface area (Å²) in [6, 6.07) is 5.40. The number of aliphatic hydroxyl groups is 1. The molecule has 1 atom stereocenters. The molecule has 1 aliphatic carbocycles. The van der Waals surface area contributed by atoms with E-state index >= 15 is 0 Å². The van der Waals surface area contributed by atoms with E-state index in [1.54, 1.807) is 31.2 Å². The van der Waals surface area contributed by atoms with Gasteiger partial charge in [-0.15, -0.1) is 0 Å². The van der Waals surface area contributed by atoms with Crippen LogP contribution in [0.25, 0.3) is 0 Å². The first-order chi connectivity index (χ1) is 9.02. The molecule has 1 fully saturated rings. The lowest BCUT2D eigenvalue weighted by Crippen LogP contribution is -2.35. The molecule has 1 saturated carbocycles. The SMILES string of the molecule is COc1ccc(C(=O)N(C)CC(O)C2CC2)c(C)c1. The third kappa shape index (κ3) is 3.26. The number of carbonyl (C=O) groups excluding carboxylic acids is 1. The van der Waals surface area contributed by atoms with E-state index in [1.165, 1.54) is 0 Å². The number of rotatable bonds is 5. The lowest BCUT2D eigenvalue weighted by atomic mass is 10.1. The van der Waals surface area contributed by atoms with Crippen LogP contribution in [-0.2, 0) is 0 Å². The predicted molar refractivity (Wildman–Crippen MR) is 73.4 cm³/mol. The smallest absolute Gasteiger partial charge is 0.253 e. The largest absolute Gasteiger partial charge is 0.497 e. The summed E-state index contributed by atoms with van der Waals surface area (Å²) in [6.07, 6.45) is 1.75. The standard InChI is InChI=1S/C15H21NO3/c1-10-8-12(19-3)6-7-13(10)15(18)16(2)9-14(17)11-4-5-11/h6-8,11,14,17H,4-5,9H2,1-3H3. The quantitative estimate of drug-likeness (QED) is 0.882. The van der Waals surface area contributed by atoms with Crippen molar-refractivity contribution in [2.24, 2.45) is 5.92 Å². The number of amides is 1. The summed E-state index contributed by atoms with van der Waals surface area (Å²) < 4.78 is 5.13. The van der Waals surface area contributed by atoms with Gasteiger partial charge in [-0.3, -0.25) is 4.79 Å². The number of ether oxygens (including phenoxy) is 1. The van der Waals surface area contributed by atoms with Gasteiger partial charge in [0, 0.05) is 19.2 Å². The molecule has 0 spiro atoms. The number of carbonyl (C=O) groups is 1. The molecule has 0 saturated heterocycles. The maximum atomic E-state index is 12.3. The Bertz CT molecular complexity index is 468. The van der Waals surface area contributed by atoms with Crippen LogP contribution < -0.4 is 4.74 Å². The van der Waals surface area contributed by atoms with Crippen LogP contribution in [0.2, 0.25) is 0 Å². The molecule has 2 rings (SSSR count). The zero-order valence-electron chi connectivity index (χ0n) is 11.7. The summed E-state index contributed by atoms with van der Waals surface area (Å²) in [6.45, 7) is 2.29. The normalized spacial score (nSPS) is 16.0. The maximum Gasteiger partial charge on any atom is 0.253 e. The molecule has 4 nitrogen and oxygen atoms in total. The van der Waals surface area contributed by atoms with Crippen molar-refractivity contribution in [1.82, 2.24) is 4.90 Å². The topological polar surface area (TPSA) is 49.8 Å². The highest BCUT2D eigenvalue weighted by molar-refractivity contribution is 5.95. The van der Waals surface area contributed by atoms with Crippen LogP contribution in [0.5, 0.6) is 5.75 Å². The summed E-state index contributed by atoms with van der Waals surface area (Å²) >= 11 is 0. The Morgan fingerprint density at radius 3 is 2.74 bits per heavy atom. The van der Waals surface area contributed by atoms with Gasteiger partial charge in [-0.05, 0) is 49.4 Å². The first-order valence-corrected chi connectivity index (χ1v) is 6.61. The Hall–Kier alpha value is -1.55. The van der Waals surface area contributed by atoms with Crippen LogP contribution in [0.1, 0.15) is 28.8 Å². The van der Waals surface area contributed by atoms with Crippen molar-refractivity contribution in [3.05, 3.63) is 29.3 Å². The van der Waals surface area contributed by atoms with Gasteiger partial charge in [-0.25, -0.2) is 0 Å². The lowest BCUT2D eigenvalue weighted by Gasteiger charge is -2.21. The average Bonchev–Trinajstić information content (AvgIpc) is 3.21. The second-order valence-electron chi connectivity index (χ2n) is 5.27. The van der Waals surface area contributed by atoms with Crippen LogP contribution in [0.15, 0.2) is 18.2 Å². The molecule has 1 aromatic rings. The molecule has 19 heavy (non-hydrogen) atoms. The Morgan fingerprint density at radius 2 is 2.21 bits per heavy atom. The second kappa shape index (κ2) is 5.61. The third-order valence-corrected chi connectivity index (χ3v) is 3.64. The molecule has 1 N–H and O–H groups in total. The van der Waals surface area contributed by atoms with Crippen molar-refractivity contribution in [3.63, 3.8) is 0 Å². The van der Waals surface area contributed by atoms with Crippen molar-refractivity contribution < 1.29 is 14.6 Å². The first-order valence-electron chi connectivity index (χ1n) is 6.61. The first kappa shape index (κ1) is 13.9. The number of benzene rings is 1. The van der Waals surface area contributed by atoms with Crippen molar-refractivity contribution in [2.75, 3.05) is 20.7 Å². The molecule has 0 radical (unpaired) electrons. The van der Waals surface area contributed by atoms with Gasteiger partial charge in [0.1, 0.15) is 5.75 Å². The van der Waals surface area contributed by atoms with Gasteiger partial charge < -0.3 is 14.7 Å². The van der Waals surface area contributed by atoms with E-state index in [4.69, 9.17) is 4.74 Å². The highest BCUT2D eigenvalue weighted by Gasteiger charge is 2.31. The maximum absolute atomic E-state index is 12.3. The van der Waals surface area contributed by atoms with Crippen molar-refractivity contribution in [1.29, 1.82) is 0 Å². The van der Waals surface area contributed by atoms with E-state index in [2.05, 4.69) is 0 Å². The van der Waals surface area contributed by atoms with Crippen LogP contribution in [0.3, 0.4) is 0 Å². The Balaban J connectivity index is 2.05. The number of nitrogens with zero attached hydrogens (tertiary/aromatic N) is 1. The number of likely N-dealkylation sites (N-methyl/N-ethyl adjacent to an activating group) is 1. The zero-order chi connectivity index (χ0) is 14.0. The molecular weight excluding hydrogens is 242 g/mol. The van der Waals surface area contributed by atoms with E-state index in [0.29, 0.717) is 18.0 Å². The molecule has 0 aromatic heterocycles. The fourth-order valence-corrected chi connectivity index (χ4v) is 2.20. The monoisotopic (exact) mass is 263 g/mol. The van der Waals surface area contributed by atoms with E-state index < -0.39 is 6.10 Å². The molecule has 1 amide bonds. The molecule has 1 aliphatic rings. The minimum absolute atomic E-state index is 0.0557. The number of hydrogen-bond donors (Lipinski definition) is 1. The Labute approximate surface area is 114 Å². The highest BCUT2D eigenvalue weighted by Crippen LogP contribution is 2.32. The predicted octanol–water partition coefficient (Wildman–Crippen LogP) is 1.85. The van der Waals surface area contributed by atoms with Crippen LogP contribution in [0, 0.1) is 12.8 Å². The summed E-state index contributed by atoms with van der Waals surface area (Å²) in [5.74, 6) is 1.07. The van der Waals surface area contributed by atoms with Gasteiger partial charge in [0.05, 0.1) is 13.2 Å². The average molecular weight is 263 g/mol. The molecule has 0 aliphatic heterocycles. The molecule has 0 bridgehead atoms. The summed E-state index contributed by atoms with van der Waals surface area (Å²) in [7, 11) is 3.34. The van der Waals surface area contributed by atoms with Crippen molar-refractivity contribution in [3.8, 4) is 5.75 Å². The van der Waals surface area contributed by atoms with E-state index in [9.17, 15) is 9.90 Å². The minimum Gasteiger partial charge on any atom is -0.497 e. The fraction of sp³-hybridized carbons (Fsp3) is 0.533. The fourth-order valence-electron chi connectivity index (χ4n) is 2.20. The molecular formula is C15H21NO3. The third-order valence-electron chi connectivity index (χ3n) is 3.64. The zero-order valence-corrected chi connectivity index (χ0v) is 11.7. The van der Waals surface area contributed by atoms with Gasteiger partial charge in [0.2, 0.25) is 0 Å². The minimum atomic E-state index is -0.396. The number of aliphatic hydroxyl groups excluding tert-OH is 1. The van der Waals surface area contributed by atoms with Crippen molar-refractivity contribution >= 4 is 5.91 Å². The van der Waals surface area contributed by atoms with E-state index in [-0.39, 0.29) is 5.91 Å². The molecule has 104 valence electrons. The van der Waals surface area contributed by atoms with Crippen LogP contribution in [-0.4, -0.2) is 42.7 Å². The number of aryl methyl sites for hydroxylation is 1. The Morgan fingerprint density at radius 1 is 1.53 bits per heavy atom. The number of hydrogen-bond acceptors (Lipinski definition) is 3. The summed E-state index contributed by atoms with van der Waals surface area (Å²) in [4.78, 5) is 13.9. The van der Waals surface area contributed by atoms with Crippen LogP contribution in [0.4, 0.5) is 0 Å². The summed E-state index contributed by atoms with van der Waals surface area (Å²) in [5.41, 5.74) is 1.54. The highest BCUT2D eigenvalue weighted by atomic mass is 16.5. The van der Waals surface area contributed by atoms with Crippen molar-refractivity contribution in [2.45, 2.75) is 25.9 Å². The van der Waals surface area contributed by atoms with Gasteiger partial charge in [0.15, 0.2) is 0 Å². The summed E-state index contributed by atoms with van der Waals surface area (Å²) in [5, 5.41) is 9.89. The molecule has 4 heteroatoms. The van der Waals surface area contributed by atoms with Gasteiger partial charge in [0.25, 0.3) is 5.91 Å². The van der Waals surface area contributed by atoms with Gasteiger partial charge >= 0.3 is 0 Å². The van der Waals surface area contributed by atoms with E-state index in [0.717, 1.165) is 24.2 Å². The second-order valence-corrected chi connectivity index (χ2v) is 5.27. The van der Waals surface area contributed by atoms with Gasteiger partial charge in [-0.2, -0.15) is 0 Å². The Kier molecular flexibility index (Phi) is 4.10. The van der Waals surface area contributed by atoms with E-state index in [1.807, 2.05) is 13.0 Å². The van der Waals surface area contributed by atoms with Crippen LogP contribution >= 0.6 is 0 Å².